The zero-order valence-electron chi connectivity index (χ0n) is 17.8. The van der Waals surface area contributed by atoms with Gasteiger partial charge in [0.05, 0.1) is 37.9 Å². The van der Waals surface area contributed by atoms with E-state index in [1.54, 1.807) is 20.8 Å². The molecule has 0 N–H and O–H groups in total. The average molecular weight is 487 g/mol. The number of halogens is 5. The van der Waals surface area contributed by atoms with Crippen LogP contribution in [0.25, 0.3) is 10.9 Å². The summed E-state index contributed by atoms with van der Waals surface area (Å²) in [6.07, 6.45) is -4.55. The number of nitrogens with zero attached hydrogens (tertiary/aromatic N) is 2. The van der Waals surface area contributed by atoms with Gasteiger partial charge in [-0.2, -0.15) is 23.0 Å². The summed E-state index contributed by atoms with van der Waals surface area (Å²) >= 11 is 12.6. The lowest BCUT2D eigenvalue weighted by atomic mass is 10.0. The van der Waals surface area contributed by atoms with Gasteiger partial charge in [0.25, 0.3) is 5.91 Å². The second-order valence-electron chi connectivity index (χ2n) is 8.28. The first-order chi connectivity index (χ1) is 14.6. The number of fused-ring (bicyclic) bond motifs is 1. The number of alkyl halides is 3. The van der Waals surface area contributed by atoms with E-state index in [0.29, 0.717) is 0 Å². The highest BCUT2D eigenvalue weighted by molar-refractivity contribution is 6.41. The van der Waals surface area contributed by atoms with Crippen molar-refractivity contribution >= 4 is 46.0 Å². The summed E-state index contributed by atoms with van der Waals surface area (Å²) in [7, 11) is 0. The molecule has 3 aromatic rings. The Balaban J connectivity index is 2.18. The molecule has 1 aromatic heterocycles. The van der Waals surface area contributed by atoms with E-state index >= 15 is 0 Å². The maximum atomic E-state index is 13.4. The molecule has 0 aliphatic carbocycles. The minimum absolute atomic E-state index is 0.0434. The maximum Gasteiger partial charge on any atom is 0.416 e. The van der Waals surface area contributed by atoms with E-state index in [0.717, 1.165) is 16.8 Å². The van der Waals surface area contributed by atoms with E-state index < -0.39 is 29.2 Å². The molecule has 0 saturated heterocycles. The second kappa shape index (κ2) is 8.08. The molecule has 0 fully saturated rings. The Bertz CT molecular complexity index is 1260. The van der Waals surface area contributed by atoms with Crippen molar-refractivity contribution in [3.63, 3.8) is 0 Å². The third-order valence-electron chi connectivity index (χ3n) is 4.60. The molecule has 0 spiro atoms. The molecule has 0 unspecified atom stereocenters. The molecular weight excluding hydrogens is 468 g/mol. The van der Waals surface area contributed by atoms with Crippen molar-refractivity contribution in [1.82, 2.24) is 9.78 Å². The third-order valence-corrected chi connectivity index (χ3v) is 5.30. The quantitative estimate of drug-likeness (QED) is 0.381. The van der Waals surface area contributed by atoms with Gasteiger partial charge in [-0.15, -0.1) is 0 Å². The molecule has 0 saturated carbocycles. The SMILES string of the molecule is Cc1nn(C(=O)c2c(Cl)ccc(C(=O)OC(C)(C)C)c2Cl)c2c(C)cc(C(F)(F)F)cc12. The minimum Gasteiger partial charge on any atom is -0.456 e. The van der Waals surface area contributed by atoms with Crippen molar-refractivity contribution in [2.24, 2.45) is 0 Å². The monoisotopic (exact) mass is 486 g/mol. The topological polar surface area (TPSA) is 61.2 Å². The van der Waals surface area contributed by atoms with Crippen LogP contribution in [0.4, 0.5) is 13.2 Å². The molecule has 0 bridgehead atoms. The second-order valence-corrected chi connectivity index (χ2v) is 9.06. The van der Waals surface area contributed by atoms with E-state index in [-0.39, 0.29) is 43.3 Å². The lowest BCUT2D eigenvalue weighted by molar-refractivity contribution is -0.137. The van der Waals surface area contributed by atoms with Crippen LogP contribution in [0.5, 0.6) is 0 Å². The van der Waals surface area contributed by atoms with Crippen molar-refractivity contribution in [2.75, 3.05) is 0 Å². The standard InChI is InChI=1S/C22H19Cl2F3N2O3/c1-10-8-12(22(25,26)27)9-14-11(2)28-29(18(10)14)19(30)16-15(23)7-6-13(17(16)24)20(31)32-21(3,4)5/h6-9H,1-5H3. The summed E-state index contributed by atoms with van der Waals surface area (Å²) < 4.78 is 46.0. The van der Waals surface area contributed by atoms with E-state index in [4.69, 9.17) is 27.9 Å². The molecule has 3 rings (SSSR count). The van der Waals surface area contributed by atoms with Gasteiger partial charge in [0.15, 0.2) is 0 Å². The van der Waals surface area contributed by atoms with Crippen LogP contribution in [0, 0.1) is 13.8 Å². The predicted octanol–water partition coefficient (Wildman–Crippen LogP) is 6.62. The van der Waals surface area contributed by atoms with Crippen LogP contribution < -0.4 is 0 Å². The van der Waals surface area contributed by atoms with E-state index in [9.17, 15) is 22.8 Å². The average Bonchev–Trinajstić information content (AvgIpc) is 2.97. The van der Waals surface area contributed by atoms with Crippen molar-refractivity contribution in [2.45, 2.75) is 46.4 Å². The first kappa shape index (κ1) is 24.1. The lowest BCUT2D eigenvalue weighted by Crippen LogP contribution is -2.24. The van der Waals surface area contributed by atoms with Gasteiger partial charge in [0.2, 0.25) is 0 Å². The van der Waals surface area contributed by atoms with Crippen LogP contribution in [0.1, 0.15) is 58.3 Å². The number of ether oxygens (including phenoxy) is 1. The number of hydrogen-bond acceptors (Lipinski definition) is 4. The predicted molar refractivity (Wildman–Crippen MR) is 116 cm³/mol. The van der Waals surface area contributed by atoms with Gasteiger partial charge in [0.1, 0.15) is 5.60 Å². The lowest BCUT2D eigenvalue weighted by Gasteiger charge is -2.20. The fraction of sp³-hybridized carbons (Fsp3) is 0.318. The Labute approximate surface area is 192 Å². The van der Waals surface area contributed by atoms with Gasteiger partial charge in [-0.05, 0) is 64.4 Å². The van der Waals surface area contributed by atoms with Crippen LogP contribution in [-0.4, -0.2) is 27.3 Å². The number of carbonyl (C=O) groups is 2. The number of aryl methyl sites for hydroxylation is 2. The van der Waals surface area contributed by atoms with Crippen LogP contribution in [0.2, 0.25) is 10.0 Å². The molecule has 10 heteroatoms. The van der Waals surface area contributed by atoms with Crippen molar-refractivity contribution in [3.05, 3.63) is 62.3 Å². The molecule has 0 atom stereocenters. The van der Waals surface area contributed by atoms with Gasteiger partial charge >= 0.3 is 12.1 Å². The zero-order chi connectivity index (χ0) is 24.2. The molecule has 5 nitrogen and oxygen atoms in total. The highest BCUT2D eigenvalue weighted by Gasteiger charge is 2.33. The van der Waals surface area contributed by atoms with Crippen LogP contribution in [0.15, 0.2) is 24.3 Å². The Kier molecular flexibility index (Phi) is 6.08. The van der Waals surface area contributed by atoms with Crippen molar-refractivity contribution < 1.29 is 27.5 Å². The molecule has 170 valence electrons. The fourth-order valence-corrected chi connectivity index (χ4v) is 3.86. The number of rotatable bonds is 2. The number of esters is 1. The first-order valence-corrected chi connectivity index (χ1v) is 10.2. The van der Waals surface area contributed by atoms with Gasteiger partial charge in [-0.1, -0.05) is 23.2 Å². The molecular formula is C22H19Cl2F3N2O3. The summed E-state index contributed by atoms with van der Waals surface area (Å²) in [4.78, 5) is 25.9. The number of benzene rings is 2. The molecule has 2 aromatic carbocycles. The summed E-state index contributed by atoms with van der Waals surface area (Å²) in [6, 6.07) is 4.54. The summed E-state index contributed by atoms with van der Waals surface area (Å²) in [5.74, 6) is -1.54. The summed E-state index contributed by atoms with van der Waals surface area (Å²) in [5.41, 5.74) is -1.32. The normalized spacial score (nSPS) is 12.3. The van der Waals surface area contributed by atoms with Gasteiger partial charge in [-0.25, -0.2) is 4.79 Å². The van der Waals surface area contributed by atoms with Crippen molar-refractivity contribution in [1.29, 1.82) is 0 Å². The van der Waals surface area contributed by atoms with Gasteiger partial charge in [-0.3, -0.25) is 4.79 Å². The molecule has 0 aliphatic rings. The largest absolute Gasteiger partial charge is 0.456 e. The highest BCUT2D eigenvalue weighted by atomic mass is 35.5. The van der Waals surface area contributed by atoms with Gasteiger partial charge in [0, 0.05) is 5.39 Å². The van der Waals surface area contributed by atoms with Crippen LogP contribution in [0.3, 0.4) is 0 Å². The molecule has 1 heterocycles. The fourth-order valence-electron chi connectivity index (χ4n) is 3.25. The van der Waals surface area contributed by atoms with Crippen LogP contribution >= 0.6 is 23.2 Å². The summed E-state index contributed by atoms with van der Waals surface area (Å²) in [6.45, 7) is 7.97. The highest BCUT2D eigenvalue weighted by Crippen LogP contribution is 2.36. The number of hydrogen-bond donors (Lipinski definition) is 0. The Hall–Kier alpha value is -2.58. The van der Waals surface area contributed by atoms with Crippen LogP contribution in [-0.2, 0) is 10.9 Å². The number of aromatic nitrogens is 2. The smallest absolute Gasteiger partial charge is 0.416 e. The summed E-state index contributed by atoms with van der Waals surface area (Å²) in [5, 5.41) is 4.02. The zero-order valence-corrected chi connectivity index (χ0v) is 19.3. The third kappa shape index (κ3) is 4.47. The van der Waals surface area contributed by atoms with Gasteiger partial charge < -0.3 is 4.74 Å². The Morgan fingerprint density at radius 2 is 1.69 bits per heavy atom. The Morgan fingerprint density at radius 3 is 2.25 bits per heavy atom. The number of carbonyl (C=O) groups excluding carboxylic acids is 2. The molecule has 0 radical (unpaired) electrons. The molecule has 0 aliphatic heterocycles. The molecule has 32 heavy (non-hydrogen) atoms. The van der Waals surface area contributed by atoms with Crippen molar-refractivity contribution in [3.8, 4) is 0 Å². The maximum absolute atomic E-state index is 13.4. The van der Waals surface area contributed by atoms with E-state index in [1.807, 2.05) is 0 Å². The van der Waals surface area contributed by atoms with E-state index in [2.05, 4.69) is 5.10 Å². The molecule has 0 amide bonds. The minimum atomic E-state index is -4.55. The first-order valence-electron chi connectivity index (χ1n) is 9.45. The van der Waals surface area contributed by atoms with E-state index in [1.165, 1.54) is 26.0 Å². The Morgan fingerprint density at radius 1 is 1.06 bits per heavy atom.